The number of aryl methyl sites for hydroxylation is 1. The number of hydrogen-bond acceptors (Lipinski definition) is 3. The summed E-state index contributed by atoms with van der Waals surface area (Å²) in [4.78, 5) is 0. The highest BCUT2D eigenvalue weighted by molar-refractivity contribution is 7.20. The minimum absolute atomic E-state index is 0.0680. The summed E-state index contributed by atoms with van der Waals surface area (Å²) in [5.74, 6) is 1.01. The van der Waals surface area contributed by atoms with E-state index >= 15 is 0 Å². The van der Waals surface area contributed by atoms with Crippen LogP contribution in [-0.4, -0.2) is 13.2 Å². The molecule has 1 aliphatic rings. The Morgan fingerprint density at radius 2 is 2.19 bits per heavy atom. The Morgan fingerprint density at radius 3 is 2.90 bits per heavy atom. The fraction of sp³-hybridized carbons (Fsp3) is 0.375. The lowest BCUT2D eigenvalue weighted by Gasteiger charge is -2.22. The molecule has 2 nitrogen and oxygen atoms in total. The van der Waals surface area contributed by atoms with Gasteiger partial charge in [0.1, 0.15) is 5.75 Å². The van der Waals surface area contributed by atoms with Crippen LogP contribution in [0.1, 0.15) is 36.1 Å². The van der Waals surface area contributed by atoms with Crippen molar-refractivity contribution in [1.29, 1.82) is 0 Å². The summed E-state index contributed by atoms with van der Waals surface area (Å²) >= 11 is 13.9. The lowest BCUT2D eigenvalue weighted by atomic mass is 9.96. The van der Waals surface area contributed by atoms with Crippen molar-refractivity contribution in [1.82, 2.24) is 5.32 Å². The van der Waals surface area contributed by atoms with Gasteiger partial charge < -0.3 is 10.1 Å². The van der Waals surface area contributed by atoms with Gasteiger partial charge in [-0.15, -0.1) is 11.3 Å². The Labute approximate surface area is 139 Å². The van der Waals surface area contributed by atoms with Gasteiger partial charge in [0, 0.05) is 5.56 Å². The second-order valence-corrected chi connectivity index (χ2v) is 7.38. The van der Waals surface area contributed by atoms with Gasteiger partial charge in [-0.05, 0) is 42.6 Å². The molecule has 1 N–H and O–H groups in total. The first-order chi connectivity index (χ1) is 10.2. The van der Waals surface area contributed by atoms with Crippen molar-refractivity contribution in [2.45, 2.75) is 25.8 Å². The third-order valence-electron chi connectivity index (χ3n) is 3.67. The van der Waals surface area contributed by atoms with Crippen molar-refractivity contribution in [2.75, 3.05) is 13.2 Å². The minimum Gasteiger partial charge on any atom is -0.493 e. The summed E-state index contributed by atoms with van der Waals surface area (Å²) in [6.45, 7) is 3.77. The Balaban J connectivity index is 1.99. The Hall–Kier alpha value is -0.740. The zero-order chi connectivity index (χ0) is 14.8. The van der Waals surface area contributed by atoms with E-state index < -0.39 is 0 Å². The van der Waals surface area contributed by atoms with Gasteiger partial charge in [-0.1, -0.05) is 42.3 Å². The zero-order valence-electron chi connectivity index (χ0n) is 11.8. The number of rotatable bonds is 4. The maximum Gasteiger partial charge on any atom is 0.122 e. The molecule has 3 rings (SSSR count). The van der Waals surface area contributed by atoms with Crippen LogP contribution >= 0.6 is 34.5 Å². The van der Waals surface area contributed by atoms with Crippen molar-refractivity contribution in [2.24, 2.45) is 0 Å². The summed E-state index contributed by atoms with van der Waals surface area (Å²) in [5, 5.41) is 3.50. The molecule has 0 bridgehead atoms. The van der Waals surface area contributed by atoms with E-state index in [4.69, 9.17) is 27.9 Å². The van der Waals surface area contributed by atoms with E-state index in [1.165, 1.54) is 22.5 Å². The average molecular weight is 342 g/mol. The molecule has 0 amide bonds. The number of halogens is 2. The number of fused-ring (bicyclic) bond motifs is 1. The standard InChI is InChI=1S/C16H17Cl2NOS/c1-2-19-15(12-9-14(17)21-16(12)18)11-5-6-13-10(8-11)4-3-7-20-13/h5-6,8-9,15,19H,2-4,7H2,1H3. The number of benzene rings is 1. The number of hydrogen-bond donors (Lipinski definition) is 1. The van der Waals surface area contributed by atoms with Gasteiger partial charge in [0.05, 0.1) is 21.3 Å². The van der Waals surface area contributed by atoms with Gasteiger partial charge in [0.25, 0.3) is 0 Å². The molecule has 0 saturated carbocycles. The van der Waals surface area contributed by atoms with Crippen LogP contribution in [-0.2, 0) is 6.42 Å². The second kappa shape index (κ2) is 6.57. The molecule has 1 aliphatic heterocycles. The third kappa shape index (κ3) is 3.21. The Kier molecular flexibility index (Phi) is 4.75. The van der Waals surface area contributed by atoms with Crippen LogP contribution in [0.5, 0.6) is 5.75 Å². The smallest absolute Gasteiger partial charge is 0.122 e. The molecule has 0 spiro atoms. The lowest BCUT2D eigenvalue weighted by Crippen LogP contribution is -2.22. The predicted octanol–water partition coefficient (Wildman–Crippen LogP) is 5.08. The van der Waals surface area contributed by atoms with Gasteiger partial charge in [-0.2, -0.15) is 0 Å². The van der Waals surface area contributed by atoms with E-state index in [2.05, 4.69) is 30.4 Å². The lowest BCUT2D eigenvalue weighted by molar-refractivity contribution is 0.288. The first-order valence-electron chi connectivity index (χ1n) is 7.12. The van der Waals surface area contributed by atoms with Crippen molar-refractivity contribution in [3.8, 4) is 5.75 Å². The third-order valence-corrected chi connectivity index (χ3v) is 5.19. The van der Waals surface area contributed by atoms with Crippen LogP contribution in [0.3, 0.4) is 0 Å². The normalized spacial score (nSPS) is 15.4. The summed E-state index contributed by atoms with van der Waals surface area (Å²) in [5.41, 5.74) is 3.53. The Bertz CT molecular complexity index is 641. The molecule has 1 aromatic heterocycles. The van der Waals surface area contributed by atoms with Crippen molar-refractivity contribution < 1.29 is 4.74 Å². The van der Waals surface area contributed by atoms with Crippen molar-refractivity contribution in [3.05, 3.63) is 49.6 Å². The number of ether oxygens (including phenoxy) is 1. The van der Waals surface area contributed by atoms with Gasteiger partial charge >= 0.3 is 0 Å². The van der Waals surface area contributed by atoms with E-state index in [1.807, 2.05) is 6.07 Å². The molecule has 112 valence electrons. The monoisotopic (exact) mass is 341 g/mol. The summed E-state index contributed by atoms with van der Waals surface area (Å²) in [6, 6.07) is 8.43. The van der Waals surface area contributed by atoms with Gasteiger partial charge in [0.2, 0.25) is 0 Å². The highest BCUT2D eigenvalue weighted by Gasteiger charge is 2.20. The summed E-state index contributed by atoms with van der Waals surface area (Å²) in [6.07, 6.45) is 2.15. The largest absolute Gasteiger partial charge is 0.493 e. The highest BCUT2D eigenvalue weighted by Crippen LogP contribution is 2.38. The first kappa shape index (κ1) is 15.2. The summed E-state index contributed by atoms with van der Waals surface area (Å²) < 4.78 is 7.16. The van der Waals surface area contributed by atoms with E-state index in [0.717, 1.165) is 46.0 Å². The van der Waals surface area contributed by atoms with Crippen LogP contribution in [0.15, 0.2) is 24.3 Å². The van der Waals surface area contributed by atoms with E-state index in [-0.39, 0.29) is 6.04 Å². The minimum atomic E-state index is 0.0680. The zero-order valence-corrected chi connectivity index (χ0v) is 14.1. The molecule has 1 unspecified atom stereocenters. The topological polar surface area (TPSA) is 21.3 Å². The molecule has 0 saturated heterocycles. The van der Waals surface area contributed by atoms with Crippen LogP contribution in [0.4, 0.5) is 0 Å². The van der Waals surface area contributed by atoms with Crippen LogP contribution in [0.25, 0.3) is 0 Å². The maximum atomic E-state index is 6.34. The summed E-state index contributed by atoms with van der Waals surface area (Å²) in [7, 11) is 0. The van der Waals surface area contributed by atoms with Gasteiger partial charge in [-0.25, -0.2) is 0 Å². The Morgan fingerprint density at radius 1 is 1.33 bits per heavy atom. The van der Waals surface area contributed by atoms with E-state index in [0.29, 0.717) is 0 Å². The average Bonchev–Trinajstić information content (AvgIpc) is 2.83. The molecule has 1 aromatic carbocycles. The van der Waals surface area contributed by atoms with Crippen LogP contribution in [0.2, 0.25) is 8.67 Å². The van der Waals surface area contributed by atoms with E-state index in [9.17, 15) is 0 Å². The molecule has 0 aliphatic carbocycles. The molecular formula is C16H17Cl2NOS. The fourth-order valence-corrected chi connectivity index (χ4v) is 4.25. The van der Waals surface area contributed by atoms with Gasteiger partial charge in [-0.3, -0.25) is 0 Å². The molecule has 0 radical (unpaired) electrons. The van der Waals surface area contributed by atoms with Crippen molar-refractivity contribution >= 4 is 34.5 Å². The van der Waals surface area contributed by atoms with Crippen molar-refractivity contribution in [3.63, 3.8) is 0 Å². The van der Waals surface area contributed by atoms with E-state index in [1.54, 1.807) is 0 Å². The number of nitrogens with one attached hydrogen (secondary N) is 1. The molecule has 2 aromatic rings. The van der Waals surface area contributed by atoms with Gasteiger partial charge in [0.15, 0.2) is 0 Å². The first-order valence-corrected chi connectivity index (χ1v) is 8.70. The molecule has 2 heterocycles. The predicted molar refractivity (Wildman–Crippen MR) is 90.1 cm³/mol. The quantitative estimate of drug-likeness (QED) is 0.837. The second-order valence-electron chi connectivity index (χ2n) is 5.09. The SMILES string of the molecule is CCNC(c1ccc2c(c1)CCCO2)c1cc(Cl)sc1Cl. The van der Waals surface area contributed by atoms with Crippen LogP contribution in [0, 0.1) is 0 Å². The molecule has 5 heteroatoms. The molecule has 21 heavy (non-hydrogen) atoms. The maximum absolute atomic E-state index is 6.34. The fourth-order valence-electron chi connectivity index (χ4n) is 2.72. The highest BCUT2D eigenvalue weighted by atomic mass is 35.5. The molecule has 1 atom stereocenters. The van der Waals surface area contributed by atoms with Crippen LogP contribution < -0.4 is 10.1 Å². The molecular weight excluding hydrogens is 325 g/mol. The molecule has 0 fully saturated rings. The number of thiophene rings is 1.